The second-order valence-corrected chi connectivity index (χ2v) is 5.44. The molecule has 0 saturated heterocycles. The zero-order valence-corrected chi connectivity index (χ0v) is 13.8. The summed E-state index contributed by atoms with van der Waals surface area (Å²) in [5.74, 6) is 0.486. The first kappa shape index (κ1) is 15.0. The molecule has 0 spiro atoms. The molecule has 106 valence electrons. The molecule has 2 N–H and O–H groups in total. The summed E-state index contributed by atoms with van der Waals surface area (Å²) in [6, 6.07) is 3.54. The maximum atomic E-state index is 13.7. The summed E-state index contributed by atoms with van der Waals surface area (Å²) in [6.45, 7) is 0. The van der Waals surface area contributed by atoms with E-state index >= 15 is 0 Å². The number of hydrogen-bond donors (Lipinski definition) is 2. The number of halogens is 3. The smallest absolute Gasteiger partial charge is 0.224 e. The van der Waals surface area contributed by atoms with E-state index in [1.54, 1.807) is 26.3 Å². The molecule has 1 heterocycles. The molecule has 0 aliphatic carbocycles. The minimum atomic E-state index is -0.544. The third-order valence-electron chi connectivity index (χ3n) is 2.46. The lowest BCUT2D eigenvalue weighted by Gasteiger charge is -2.12. The fourth-order valence-corrected chi connectivity index (χ4v) is 2.74. The Kier molecular flexibility index (Phi) is 4.77. The average molecular weight is 406 g/mol. The Balaban J connectivity index is 2.39. The zero-order chi connectivity index (χ0) is 14.7. The molecule has 0 atom stereocenters. The Morgan fingerprint density at radius 2 is 2.00 bits per heavy atom. The van der Waals surface area contributed by atoms with Gasteiger partial charge in [-0.15, -0.1) is 0 Å². The molecule has 0 fully saturated rings. The van der Waals surface area contributed by atoms with Gasteiger partial charge in [-0.1, -0.05) is 0 Å². The van der Waals surface area contributed by atoms with Crippen LogP contribution in [0.15, 0.2) is 27.3 Å². The molecule has 2 aromatic rings. The summed E-state index contributed by atoms with van der Waals surface area (Å²) in [4.78, 5) is 7.81. The molecule has 20 heavy (non-hydrogen) atoms. The molecule has 0 bridgehead atoms. The zero-order valence-electron chi connectivity index (χ0n) is 10.7. The Morgan fingerprint density at radius 1 is 1.25 bits per heavy atom. The molecule has 2 rings (SSSR count). The summed E-state index contributed by atoms with van der Waals surface area (Å²) in [7, 11) is 3.22. The molecule has 1 aromatic heterocycles. The lowest BCUT2D eigenvalue weighted by Crippen LogP contribution is -2.03. The van der Waals surface area contributed by atoms with Gasteiger partial charge < -0.3 is 15.4 Å². The van der Waals surface area contributed by atoms with Crippen molar-refractivity contribution in [2.75, 3.05) is 24.8 Å². The van der Waals surface area contributed by atoms with Crippen LogP contribution in [0.25, 0.3) is 0 Å². The van der Waals surface area contributed by atoms with E-state index in [1.807, 2.05) is 0 Å². The summed E-state index contributed by atoms with van der Waals surface area (Å²) in [6.07, 6.45) is 1.10. The summed E-state index contributed by atoms with van der Waals surface area (Å²) < 4.78 is 20.5. The van der Waals surface area contributed by atoms with Crippen molar-refractivity contribution in [3.05, 3.63) is 33.1 Å². The quantitative estimate of drug-likeness (QED) is 0.806. The number of nitrogens with one attached hydrogen (secondary N) is 2. The standard InChI is InChI=1S/C12H11Br2FN4O/c1-16-12-17-5-8(15)11(19-12)18-9-4-10(20-2)7(14)3-6(9)13/h3-5H,1-2H3,(H2,16,17,18,19). The third-order valence-corrected chi connectivity index (χ3v) is 3.74. The van der Waals surface area contributed by atoms with E-state index in [1.165, 1.54) is 0 Å². The van der Waals surface area contributed by atoms with Crippen LogP contribution in [0.3, 0.4) is 0 Å². The first-order valence-corrected chi connectivity index (χ1v) is 7.14. The second kappa shape index (κ2) is 6.36. The van der Waals surface area contributed by atoms with Crippen molar-refractivity contribution in [1.29, 1.82) is 0 Å². The maximum absolute atomic E-state index is 13.7. The molecule has 0 aliphatic rings. The highest BCUT2D eigenvalue weighted by molar-refractivity contribution is 9.11. The minimum Gasteiger partial charge on any atom is -0.495 e. The number of anilines is 3. The van der Waals surface area contributed by atoms with E-state index in [2.05, 4.69) is 52.5 Å². The predicted molar refractivity (Wildman–Crippen MR) is 83.2 cm³/mol. The van der Waals surface area contributed by atoms with E-state index in [0.29, 0.717) is 17.4 Å². The van der Waals surface area contributed by atoms with Crippen molar-refractivity contribution >= 4 is 49.3 Å². The monoisotopic (exact) mass is 404 g/mol. The van der Waals surface area contributed by atoms with Crippen LogP contribution in [0, 0.1) is 5.82 Å². The molecule has 0 unspecified atom stereocenters. The minimum absolute atomic E-state index is 0.0782. The van der Waals surface area contributed by atoms with Crippen LogP contribution >= 0.6 is 31.9 Å². The van der Waals surface area contributed by atoms with Crippen LogP contribution in [0.2, 0.25) is 0 Å². The molecule has 0 aliphatic heterocycles. The van der Waals surface area contributed by atoms with E-state index in [0.717, 1.165) is 15.1 Å². The van der Waals surface area contributed by atoms with Crippen molar-refractivity contribution in [2.45, 2.75) is 0 Å². The first-order chi connectivity index (χ1) is 9.55. The highest BCUT2D eigenvalue weighted by Crippen LogP contribution is 2.36. The number of rotatable bonds is 4. The number of nitrogens with zero attached hydrogens (tertiary/aromatic N) is 2. The number of methoxy groups -OCH3 is 1. The van der Waals surface area contributed by atoms with Crippen molar-refractivity contribution in [2.24, 2.45) is 0 Å². The molecule has 1 aromatic carbocycles. The van der Waals surface area contributed by atoms with Gasteiger partial charge in [0.2, 0.25) is 5.95 Å². The van der Waals surface area contributed by atoms with Gasteiger partial charge in [-0.25, -0.2) is 9.37 Å². The van der Waals surface area contributed by atoms with Crippen LogP contribution in [0.4, 0.5) is 21.8 Å². The van der Waals surface area contributed by atoms with Crippen molar-refractivity contribution in [1.82, 2.24) is 9.97 Å². The Labute approximate surface area is 132 Å². The number of benzene rings is 1. The SMILES string of the molecule is CNc1ncc(F)c(Nc2cc(OC)c(Br)cc2Br)n1. The van der Waals surface area contributed by atoms with Crippen LogP contribution in [-0.4, -0.2) is 24.1 Å². The fraction of sp³-hybridized carbons (Fsp3) is 0.167. The Hall–Kier alpha value is -1.41. The normalized spacial score (nSPS) is 10.2. The van der Waals surface area contributed by atoms with Crippen molar-refractivity contribution in [3.8, 4) is 5.75 Å². The second-order valence-electron chi connectivity index (χ2n) is 3.73. The van der Waals surface area contributed by atoms with Crippen LogP contribution < -0.4 is 15.4 Å². The van der Waals surface area contributed by atoms with E-state index < -0.39 is 5.82 Å². The van der Waals surface area contributed by atoms with Gasteiger partial charge in [0.1, 0.15) is 5.75 Å². The highest BCUT2D eigenvalue weighted by Gasteiger charge is 2.11. The van der Waals surface area contributed by atoms with Gasteiger partial charge >= 0.3 is 0 Å². The predicted octanol–water partition coefficient (Wildman–Crippen LogP) is 3.93. The van der Waals surface area contributed by atoms with Gasteiger partial charge in [0.15, 0.2) is 11.6 Å². The van der Waals surface area contributed by atoms with Crippen LogP contribution in [0.5, 0.6) is 5.75 Å². The topological polar surface area (TPSA) is 59.1 Å². The van der Waals surface area contributed by atoms with Gasteiger partial charge in [0.25, 0.3) is 0 Å². The summed E-state index contributed by atoms with van der Waals surface area (Å²) in [5, 5.41) is 5.66. The lowest BCUT2D eigenvalue weighted by atomic mass is 10.3. The van der Waals surface area contributed by atoms with Crippen LogP contribution in [-0.2, 0) is 0 Å². The third kappa shape index (κ3) is 3.18. The number of ether oxygens (including phenoxy) is 1. The fourth-order valence-electron chi connectivity index (χ4n) is 1.48. The largest absolute Gasteiger partial charge is 0.495 e. The number of aromatic nitrogens is 2. The van der Waals surface area contributed by atoms with Gasteiger partial charge in [-0.2, -0.15) is 4.98 Å². The van der Waals surface area contributed by atoms with Gasteiger partial charge in [0.05, 0.1) is 23.5 Å². The molecule has 5 nitrogen and oxygen atoms in total. The van der Waals surface area contributed by atoms with Gasteiger partial charge in [0, 0.05) is 17.6 Å². The molecule has 8 heteroatoms. The van der Waals surface area contributed by atoms with E-state index in [-0.39, 0.29) is 5.82 Å². The summed E-state index contributed by atoms with van der Waals surface area (Å²) in [5.41, 5.74) is 0.629. The molecule has 0 amide bonds. The van der Waals surface area contributed by atoms with Crippen LogP contribution in [0.1, 0.15) is 0 Å². The summed E-state index contributed by atoms with van der Waals surface area (Å²) >= 11 is 6.77. The Bertz CT molecular complexity index is 639. The molecular formula is C12H11Br2FN4O. The highest BCUT2D eigenvalue weighted by atomic mass is 79.9. The van der Waals surface area contributed by atoms with Crippen molar-refractivity contribution < 1.29 is 9.13 Å². The van der Waals surface area contributed by atoms with Gasteiger partial charge in [-0.3, -0.25) is 0 Å². The molecular weight excluding hydrogens is 395 g/mol. The lowest BCUT2D eigenvalue weighted by molar-refractivity contribution is 0.412. The van der Waals surface area contributed by atoms with Gasteiger partial charge in [-0.05, 0) is 37.9 Å². The van der Waals surface area contributed by atoms with E-state index in [4.69, 9.17) is 4.74 Å². The molecule has 0 saturated carbocycles. The van der Waals surface area contributed by atoms with E-state index in [9.17, 15) is 4.39 Å². The maximum Gasteiger partial charge on any atom is 0.224 e. The number of hydrogen-bond acceptors (Lipinski definition) is 5. The van der Waals surface area contributed by atoms with Crippen molar-refractivity contribution in [3.63, 3.8) is 0 Å². The Morgan fingerprint density at radius 3 is 2.65 bits per heavy atom. The average Bonchev–Trinajstić information content (AvgIpc) is 2.44. The molecule has 0 radical (unpaired) electrons. The first-order valence-electron chi connectivity index (χ1n) is 5.55.